The molecule has 0 fully saturated rings. The van der Waals surface area contributed by atoms with Crippen molar-refractivity contribution in [3.05, 3.63) is 22.6 Å². The summed E-state index contributed by atoms with van der Waals surface area (Å²) in [7, 11) is 0. The first-order chi connectivity index (χ1) is 8.42. The molecule has 0 aliphatic rings. The van der Waals surface area contributed by atoms with E-state index < -0.39 is 0 Å². The standard InChI is InChI=1S/C13H21NO3S/c1-7-9(3)17-10(4)12(7)13(16)14-8(2)11(6-15)18-5/h8,11,15H,6H2,1-5H3,(H,14,16). The summed E-state index contributed by atoms with van der Waals surface area (Å²) in [5, 5.41) is 12.1. The first-order valence-electron chi connectivity index (χ1n) is 5.93. The van der Waals surface area contributed by atoms with Crippen LogP contribution in [0.25, 0.3) is 0 Å². The number of hydrogen-bond acceptors (Lipinski definition) is 4. The molecule has 5 heteroatoms. The van der Waals surface area contributed by atoms with Gasteiger partial charge < -0.3 is 14.8 Å². The summed E-state index contributed by atoms with van der Waals surface area (Å²) < 4.78 is 5.45. The number of thioether (sulfide) groups is 1. The van der Waals surface area contributed by atoms with Crippen LogP contribution in [0.1, 0.15) is 34.4 Å². The molecule has 0 saturated carbocycles. The van der Waals surface area contributed by atoms with Crippen LogP contribution in [-0.4, -0.2) is 35.2 Å². The molecule has 0 saturated heterocycles. The second-order valence-electron chi connectivity index (χ2n) is 4.43. The van der Waals surface area contributed by atoms with Crippen molar-refractivity contribution in [2.24, 2.45) is 0 Å². The van der Waals surface area contributed by atoms with Crippen molar-refractivity contribution < 1.29 is 14.3 Å². The highest BCUT2D eigenvalue weighted by atomic mass is 32.2. The number of aliphatic hydroxyl groups is 1. The van der Waals surface area contributed by atoms with Crippen molar-refractivity contribution >= 4 is 17.7 Å². The van der Waals surface area contributed by atoms with E-state index in [4.69, 9.17) is 4.42 Å². The van der Waals surface area contributed by atoms with Gasteiger partial charge in [0.25, 0.3) is 5.91 Å². The van der Waals surface area contributed by atoms with Crippen molar-refractivity contribution in [3.63, 3.8) is 0 Å². The predicted octanol–water partition coefficient (Wildman–Crippen LogP) is 2.05. The lowest BCUT2D eigenvalue weighted by molar-refractivity contribution is 0.0934. The van der Waals surface area contributed by atoms with Gasteiger partial charge in [0, 0.05) is 16.9 Å². The molecule has 0 bridgehead atoms. The highest BCUT2D eigenvalue weighted by molar-refractivity contribution is 7.99. The quantitative estimate of drug-likeness (QED) is 0.860. The lowest BCUT2D eigenvalue weighted by Crippen LogP contribution is -2.41. The summed E-state index contributed by atoms with van der Waals surface area (Å²) in [5.74, 6) is 1.27. The van der Waals surface area contributed by atoms with Crippen molar-refractivity contribution in [3.8, 4) is 0 Å². The highest BCUT2D eigenvalue weighted by Crippen LogP contribution is 2.21. The van der Waals surface area contributed by atoms with Gasteiger partial charge in [-0.05, 0) is 34.0 Å². The van der Waals surface area contributed by atoms with E-state index in [-0.39, 0.29) is 23.8 Å². The molecule has 0 spiro atoms. The first-order valence-corrected chi connectivity index (χ1v) is 7.22. The minimum atomic E-state index is -0.137. The average Bonchev–Trinajstić information content (AvgIpc) is 2.54. The number of nitrogens with one attached hydrogen (secondary N) is 1. The zero-order valence-electron chi connectivity index (χ0n) is 11.5. The van der Waals surface area contributed by atoms with Gasteiger partial charge in [0.1, 0.15) is 11.5 Å². The van der Waals surface area contributed by atoms with Gasteiger partial charge >= 0.3 is 0 Å². The molecule has 18 heavy (non-hydrogen) atoms. The van der Waals surface area contributed by atoms with Crippen LogP contribution < -0.4 is 5.32 Å². The number of carbonyl (C=O) groups is 1. The van der Waals surface area contributed by atoms with Crippen LogP contribution in [0.2, 0.25) is 0 Å². The van der Waals surface area contributed by atoms with E-state index in [9.17, 15) is 9.90 Å². The maximum absolute atomic E-state index is 12.2. The molecule has 2 unspecified atom stereocenters. The number of aliphatic hydroxyl groups excluding tert-OH is 1. The monoisotopic (exact) mass is 271 g/mol. The Balaban J connectivity index is 2.82. The third-order valence-electron chi connectivity index (χ3n) is 3.19. The van der Waals surface area contributed by atoms with Crippen LogP contribution in [0.15, 0.2) is 4.42 Å². The zero-order chi connectivity index (χ0) is 13.9. The van der Waals surface area contributed by atoms with Gasteiger partial charge in [-0.1, -0.05) is 0 Å². The average molecular weight is 271 g/mol. The number of rotatable bonds is 5. The summed E-state index contributed by atoms with van der Waals surface area (Å²) in [6, 6.07) is -0.0912. The molecular formula is C13H21NO3S. The van der Waals surface area contributed by atoms with E-state index in [2.05, 4.69) is 5.32 Å². The van der Waals surface area contributed by atoms with Crippen LogP contribution in [0.5, 0.6) is 0 Å². The predicted molar refractivity (Wildman–Crippen MR) is 74.2 cm³/mol. The van der Waals surface area contributed by atoms with E-state index >= 15 is 0 Å². The smallest absolute Gasteiger partial charge is 0.255 e. The minimum Gasteiger partial charge on any atom is -0.466 e. The summed E-state index contributed by atoms with van der Waals surface area (Å²) in [6.07, 6.45) is 1.92. The Hall–Kier alpha value is -0.940. The molecule has 4 nitrogen and oxygen atoms in total. The van der Waals surface area contributed by atoms with Crippen molar-refractivity contribution in [2.45, 2.75) is 39.0 Å². The van der Waals surface area contributed by atoms with Gasteiger partial charge in [0.05, 0.1) is 12.2 Å². The maximum Gasteiger partial charge on any atom is 0.255 e. The van der Waals surface area contributed by atoms with E-state index in [1.165, 1.54) is 0 Å². The Morgan fingerprint density at radius 1 is 1.39 bits per heavy atom. The fraction of sp³-hybridized carbons (Fsp3) is 0.615. The van der Waals surface area contributed by atoms with Gasteiger partial charge in [-0.3, -0.25) is 4.79 Å². The molecular weight excluding hydrogens is 250 g/mol. The van der Waals surface area contributed by atoms with Gasteiger partial charge in [0.2, 0.25) is 0 Å². The van der Waals surface area contributed by atoms with E-state index in [0.29, 0.717) is 11.3 Å². The summed E-state index contributed by atoms with van der Waals surface area (Å²) >= 11 is 1.54. The molecule has 1 heterocycles. The number of hydrogen-bond donors (Lipinski definition) is 2. The lowest BCUT2D eigenvalue weighted by atomic mass is 10.1. The zero-order valence-corrected chi connectivity index (χ0v) is 12.4. The molecule has 0 aliphatic carbocycles. The van der Waals surface area contributed by atoms with E-state index in [0.717, 1.165) is 11.3 Å². The van der Waals surface area contributed by atoms with Crippen molar-refractivity contribution in [1.82, 2.24) is 5.32 Å². The molecule has 0 radical (unpaired) electrons. The molecule has 1 rings (SSSR count). The van der Waals surface area contributed by atoms with Crippen LogP contribution >= 0.6 is 11.8 Å². The van der Waals surface area contributed by atoms with Crippen LogP contribution in [0, 0.1) is 20.8 Å². The SMILES string of the molecule is CSC(CO)C(C)NC(=O)c1c(C)oc(C)c1C. The number of aryl methyl sites for hydroxylation is 2. The number of amides is 1. The van der Waals surface area contributed by atoms with Gasteiger partial charge in [-0.25, -0.2) is 0 Å². The fourth-order valence-corrected chi connectivity index (χ4v) is 2.56. The van der Waals surface area contributed by atoms with Gasteiger partial charge in [-0.2, -0.15) is 11.8 Å². The Morgan fingerprint density at radius 3 is 2.39 bits per heavy atom. The fourth-order valence-electron chi connectivity index (χ4n) is 1.94. The summed E-state index contributed by atoms with van der Waals surface area (Å²) in [5.41, 5.74) is 1.49. The van der Waals surface area contributed by atoms with E-state index in [1.54, 1.807) is 18.7 Å². The van der Waals surface area contributed by atoms with E-state index in [1.807, 2.05) is 27.0 Å². The molecule has 0 aromatic carbocycles. The number of carbonyl (C=O) groups excluding carboxylic acids is 1. The van der Waals surface area contributed by atoms with Crippen LogP contribution in [0.4, 0.5) is 0 Å². The van der Waals surface area contributed by atoms with Gasteiger partial charge in [0.15, 0.2) is 0 Å². The lowest BCUT2D eigenvalue weighted by Gasteiger charge is -2.21. The number of furan rings is 1. The molecule has 102 valence electrons. The van der Waals surface area contributed by atoms with Crippen molar-refractivity contribution in [1.29, 1.82) is 0 Å². The highest BCUT2D eigenvalue weighted by Gasteiger charge is 2.22. The maximum atomic E-state index is 12.2. The van der Waals surface area contributed by atoms with Crippen LogP contribution in [0.3, 0.4) is 0 Å². The van der Waals surface area contributed by atoms with Crippen molar-refractivity contribution in [2.75, 3.05) is 12.9 Å². The Bertz CT molecular complexity index is 424. The first kappa shape index (κ1) is 15.1. The second-order valence-corrected chi connectivity index (χ2v) is 5.51. The largest absolute Gasteiger partial charge is 0.466 e. The molecule has 2 atom stereocenters. The molecule has 0 aliphatic heterocycles. The normalized spacial score (nSPS) is 14.3. The molecule has 1 amide bonds. The molecule has 1 aromatic rings. The third-order valence-corrected chi connectivity index (χ3v) is 4.35. The van der Waals surface area contributed by atoms with Crippen LogP contribution in [-0.2, 0) is 0 Å². The second kappa shape index (κ2) is 6.29. The minimum absolute atomic E-state index is 0.00237. The third kappa shape index (κ3) is 3.09. The summed E-state index contributed by atoms with van der Waals surface area (Å²) in [4.78, 5) is 12.2. The van der Waals surface area contributed by atoms with Gasteiger partial charge in [-0.15, -0.1) is 0 Å². The molecule has 1 aromatic heterocycles. The Labute approximate surface area is 112 Å². The Kier molecular flexibility index (Phi) is 5.28. The topological polar surface area (TPSA) is 62.5 Å². The summed E-state index contributed by atoms with van der Waals surface area (Å²) in [6.45, 7) is 7.46. The Morgan fingerprint density at radius 2 is 2.00 bits per heavy atom. The molecule has 2 N–H and O–H groups in total.